The van der Waals surface area contributed by atoms with E-state index < -0.39 is 0 Å². The van der Waals surface area contributed by atoms with E-state index in [1.54, 1.807) is 17.9 Å². The Morgan fingerprint density at radius 1 is 1.23 bits per heavy atom. The fraction of sp³-hybridized carbons (Fsp3) is 0.211. The van der Waals surface area contributed by atoms with Crippen LogP contribution < -0.4 is 4.90 Å². The fourth-order valence-corrected chi connectivity index (χ4v) is 3.41. The zero-order chi connectivity index (χ0) is 18.3. The highest BCUT2D eigenvalue weighted by atomic mass is 79.9. The number of anilines is 1. The predicted octanol–water partition coefficient (Wildman–Crippen LogP) is 4.47. The van der Waals surface area contributed by atoms with Crippen LogP contribution in [0.4, 0.5) is 10.1 Å². The first kappa shape index (κ1) is 16.9. The van der Waals surface area contributed by atoms with E-state index in [4.69, 9.17) is 4.52 Å². The van der Waals surface area contributed by atoms with Gasteiger partial charge in [0.25, 0.3) is 0 Å². The number of carbonyl (C=O) groups is 1. The predicted molar refractivity (Wildman–Crippen MR) is 98.3 cm³/mol. The van der Waals surface area contributed by atoms with Gasteiger partial charge in [-0.3, -0.25) is 4.79 Å². The van der Waals surface area contributed by atoms with E-state index in [-0.39, 0.29) is 17.6 Å². The molecular weight excluding hydrogens is 401 g/mol. The zero-order valence-electron chi connectivity index (χ0n) is 13.9. The van der Waals surface area contributed by atoms with Gasteiger partial charge in [0, 0.05) is 28.7 Å². The molecule has 132 valence electrons. The molecule has 1 saturated heterocycles. The standard InChI is InChI=1S/C19H15BrFN3O2/c1-11-8-15(21)6-7-16(11)24-10-13(9-17(24)25)19-22-18(23-26-19)12-2-4-14(20)5-3-12/h2-8,13H,9-10H2,1H3. The molecule has 1 aliphatic heterocycles. The van der Waals surface area contributed by atoms with Crippen molar-refractivity contribution in [2.75, 3.05) is 11.4 Å². The van der Waals surface area contributed by atoms with Crippen LogP contribution in [0.3, 0.4) is 0 Å². The van der Waals surface area contributed by atoms with Crippen molar-refractivity contribution in [2.24, 2.45) is 0 Å². The van der Waals surface area contributed by atoms with Crippen molar-refractivity contribution in [3.05, 3.63) is 64.2 Å². The Bertz CT molecular complexity index is 971. The largest absolute Gasteiger partial charge is 0.339 e. The molecule has 0 radical (unpaired) electrons. The van der Waals surface area contributed by atoms with Crippen molar-refractivity contribution in [2.45, 2.75) is 19.3 Å². The summed E-state index contributed by atoms with van der Waals surface area (Å²) in [6.07, 6.45) is 0.290. The van der Waals surface area contributed by atoms with Gasteiger partial charge in [0.05, 0.1) is 5.92 Å². The number of nitrogens with zero attached hydrogens (tertiary/aromatic N) is 3. The Hall–Kier alpha value is -2.54. The lowest BCUT2D eigenvalue weighted by atomic mass is 10.1. The van der Waals surface area contributed by atoms with Gasteiger partial charge in [0.2, 0.25) is 17.6 Å². The number of hydrogen-bond donors (Lipinski definition) is 0. The van der Waals surface area contributed by atoms with Crippen LogP contribution in [-0.4, -0.2) is 22.6 Å². The third-order valence-corrected chi connectivity index (χ3v) is 5.00. The van der Waals surface area contributed by atoms with Crippen LogP contribution in [0.2, 0.25) is 0 Å². The molecular formula is C19H15BrFN3O2. The Kier molecular flexibility index (Phi) is 4.32. The average molecular weight is 416 g/mol. The van der Waals surface area contributed by atoms with Crippen LogP contribution >= 0.6 is 15.9 Å². The maximum absolute atomic E-state index is 13.3. The van der Waals surface area contributed by atoms with Gasteiger partial charge in [0.15, 0.2) is 0 Å². The molecule has 1 amide bonds. The highest BCUT2D eigenvalue weighted by Crippen LogP contribution is 2.33. The molecule has 1 atom stereocenters. The van der Waals surface area contributed by atoms with Crippen LogP contribution in [0.5, 0.6) is 0 Å². The van der Waals surface area contributed by atoms with Crippen molar-refractivity contribution >= 4 is 27.5 Å². The molecule has 26 heavy (non-hydrogen) atoms. The van der Waals surface area contributed by atoms with E-state index in [0.29, 0.717) is 30.4 Å². The second-order valence-corrected chi connectivity index (χ2v) is 7.21. The molecule has 0 spiro atoms. The summed E-state index contributed by atoms with van der Waals surface area (Å²) >= 11 is 3.39. The number of amides is 1. The third-order valence-electron chi connectivity index (χ3n) is 4.47. The van der Waals surface area contributed by atoms with Gasteiger partial charge in [-0.2, -0.15) is 4.98 Å². The Morgan fingerprint density at radius 3 is 2.73 bits per heavy atom. The lowest BCUT2D eigenvalue weighted by Crippen LogP contribution is -2.25. The lowest BCUT2D eigenvalue weighted by molar-refractivity contribution is -0.117. The number of halogens is 2. The van der Waals surface area contributed by atoms with Crippen molar-refractivity contribution < 1.29 is 13.7 Å². The topological polar surface area (TPSA) is 59.2 Å². The average Bonchev–Trinajstić information content (AvgIpc) is 3.23. The summed E-state index contributed by atoms with van der Waals surface area (Å²) < 4.78 is 19.7. The highest BCUT2D eigenvalue weighted by molar-refractivity contribution is 9.10. The third kappa shape index (κ3) is 3.14. The zero-order valence-corrected chi connectivity index (χ0v) is 15.5. The molecule has 4 rings (SSSR count). The van der Waals surface area contributed by atoms with Crippen molar-refractivity contribution in [1.29, 1.82) is 0 Å². The second kappa shape index (κ2) is 6.64. The van der Waals surface area contributed by atoms with Crippen LogP contribution in [0, 0.1) is 12.7 Å². The van der Waals surface area contributed by atoms with E-state index >= 15 is 0 Å². The van der Waals surface area contributed by atoms with Crippen molar-refractivity contribution in [1.82, 2.24) is 10.1 Å². The first-order valence-corrected chi connectivity index (χ1v) is 8.96. The minimum absolute atomic E-state index is 0.0342. The first-order chi connectivity index (χ1) is 12.5. The van der Waals surface area contributed by atoms with E-state index in [9.17, 15) is 9.18 Å². The Labute approximate surface area is 158 Å². The van der Waals surface area contributed by atoms with E-state index in [1.807, 2.05) is 24.3 Å². The Balaban J connectivity index is 1.56. The van der Waals surface area contributed by atoms with E-state index in [2.05, 4.69) is 26.1 Å². The fourth-order valence-electron chi connectivity index (χ4n) is 3.14. The summed E-state index contributed by atoms with van der Waals surface area (Å²) in [6, 6.07) is 12.0. The van der Waals surface area contributed by atoms with E-state index in [0.717, 1.165) is 15.6 Å². The molecule has 1 aromatic heterocycles. The SMILES string of the molecule is Cc1cc(F)ccc1N1CC(c2nc(-c3ccc(Br)cc3)no2)CC1=O. The first-order valence-electron chi connectivity index (χ1n) is 8.17. The maximum atomic E-state index is 13.3. The minimum atomic E-state index is -0.314. The number of benzene rings is 2. The number of rotatable bonds is 3. The maximum Gasteiger partial charge on any atom is 0.232 e. The van der Waals surface area contributed by atoms with Crippen LogP contribution in [0.25, 0.3) is 11.4 Å². The van der Waals surface area contributed by atoms with Crippen LogP contribution in [-0.2, 0) is 4.79 Å². The number of aryl methyl sites for hydroxylation is 1. The second-order valence-electron chi connectivity index (χ2n) is 6.30. The summed E-state index contributed by atoms with van der Waals surface area (Å²) in [7, 11) is 0. The van der Waals surface area contributed by atoms with Crippen molar-refractivity contribution in [3.8, 4) is 11.4 Å². The molecule has 7 heteroatoms. The molecule has 2 aromatic carbocycles. The smallest absolute Gasteiger partial charge is 0.232 e. The molecule has 1 unspecified atom stereocenters. The molecule has 5 nitrogen and oxygen atoms in total. The molecule has 0 bridgehead atoms. The summed E-state index contributed by atoms with van der Waals surface area (Å²) in [5, 5.41) is 4.03. The van der Waals surface area contributed by atoms with Crippen molar-refractivity contribution in [3.63, 3.8) is 0 Å². The summed E-state index contributed by atoms with van der Waals surface area (Å²) in [4.78, 5) is 18.6. The summed E-state index contributed by atoms with van der Waals surface area (Å²) in [5.74, 6) is 0.414. The van der Waals surface area contributed by atoms with Gasteiger partial charge in [-0.05, 0) is 55.0 Å². The van der Waals surface area contributed by atoms with E-state index in [1.165, 1.54) is 12.1 Å². The van der Waals surface area contributed by atoms with Gasteiger partial charge in [-0.25, -0.2) is 4.39 Å². The lowest BCUT2D eigenvalue weighted by Gasteiger charge is -2.18. The van der Waals surface area contributed by atoms with Gasteiger partial charge in [0.1, 0.15) is 5.82 Å². The molecule has 0 N–H and O–H groups in total. The summed E-state index contributed by atoms with van der Waals surface area (Å²) in [6.45, 7) is 2.23. The van der Waals surface area contributed by atoms with Gasteiger partial charge < -0.3 is 9.42 Å². The normalized spacial score (nSPS) is 17.1. The van der Waals surface area contributed by atoms with Gasteiger partial charge in [-0.15, -0.1) is 0 Å². The van der Waals surface area contributed by atoms with Crippen LogP contribution in [0.15, 0.2) is 51.5 Å². The molecule has 3 aromatic rings. The van der Waals surface area contributed by atoms with Gasteiger partial charge >= 0.3 is 0 Å². The molecule has 1 fully saturated rings. The van der Waals surface area contributed by atoms with Crippen LogP contribution in [0.1, 0.15) is 23.8 Å². The molecule has 1 aliphatic rings. The monoisotopic (exact) mass is 415 g/mol. The minimum Gasteiger partial charge on any atom is -0.339 e. The molecule has 2 heterocycles. The summed E-state index contributed by atoms with van der Waals surface area (Å²) in [5.41, 5.74) is 2.28. The molecule has 0 aliphatic carbocycles. The van der Waals surface area contributed by atoms with Gasteiger partial charge in [-0.1, -0.05) is 21.1 Å². The highest BCUT2D eigenvalue weighted by Gasteiger charge is 2.35. The quantitative estimate of drug-likeness (QED) is 0.633. The molecule has 0 saturated carbocycles. The number of carbonyl (C=O) groups excluding carboxylic acids is 1. The Morgan fingerprint density at radius 2 is 2.00 bits per heavy atom. The number of aromatic nitrogens is 2. The number of hydrogen-bond acceptors (Lipinski definition) is 4.